The third-order valence-corrected chi connectivity index (χ3v) is 2.92. The van der Waals surface area contributed by atoms with E-state index >= 15 is 0 Å². The van der Waals surface area contributed by atoms with E-state index in [0.29, 0.717) is 5.92 Å². The molecule has 0 fully saturated rings. The molecule has 3 nitrogen and oxygen atoms in total. The molecule has 2 rings (SSSR count). The van der Waals surface area contributed by atoms with Gasteiger partial charge in [-0.2, -0.15) is 5.10 Å². The van der Waals surface area contributed by atoms with Crippen LogP contribution in [0.2, 0.25) is 0 Å². The van der Waals surface area contributed by atoms with E-state index in [9.17, 15) is 0 Å². The average Bonchev–Trinajstić information content (AvgIpc) is 2.73. The van der Waals surface area contributed by atoms with Gasteiger partial charge in [0.2, 0.25) is 0 Å². The maximum atomic E-state index is 4.53. The minimum atomic E-state index is 0.333. The standard InChI is InChI=1S/C15H19N3/c1-5-6-12(3)14-9-13(4)17-18(14)15-8-7-11(2)10-16-15/h5-10,12H,1-4H3/b6-5-. The lowest BCUT2D eigenvalue weighted by molar-refractivity contribution is 0.748. The molecule has 1 unspecified atom stereocenters. The van der Waals surface area contributed by atoms with Gasteiger partial charge < -0.3 is 0 Å². The lowest BCUT2D eigenvalue weighted by Crippen LogP contribution is -2.06. The Balaban J connectivity index is 2.47. The molecule has 0 spiro atoms. The minimum Gasteiger partial charge on any atom is -0.237 e. The van der Waals surface area contributed by atoms with Crippen LogP contribution in [0.15, 0.2) is 36.5 Å². The van der Waals surface area contributed by atoms with Gasteiger partial charge in [0.05, 0.1) is 11.4 Å². The van der Waals surface area contributed by atoms with Crippen molar-refractivity contribution in [2.75, 3.05) is 0 Å². The van der Waals surface area contributed by atoms with Crippen LogP contribution in [0.3, 0.4) is 0 Å². The highest BCUT2D eigenvalue weighted by atomic mass is 15.3. The normalized spacial score (nSPS) is 13.1. The third kappa shape index (κ3) is 2.50. The molecule has 2 aromatic rings. The molecular formula is C15H19N3. The van der Waals surface area contributed by atoms with Crippen LogP contribution in [-0.4, -0.2) is 14.8 Å². The van der Waals surface area contributed by atoms with E-state index in [0.717, 1.165) is 17.1 Å². The molecule has 0 aromatic carbocycles. The highest BCUT2D eigenvalue weighted by Gasteiger charge is 2.12. The molecule has 3 heteroatoms. The Labute approximate surface area is 108 Å². The van der Waals surface area contributed by atoms with Crippen LogP contribution in [0.5, 0.6) is 0 Å². The van der Waals surface area contributed by atoms with E-state index in [1.54, 1.807) is 0 Å². The second kappa shape index (κ2) is 5.17. The summed E-state index contributed by atoms with van der Waals surface area (Å²) >= 11 is 0. The molecule has 2 aromatic heterocycles. The summed E-state index contributed by atoms with van der Waals surface area (Å²) in [7, 11) is 0. The van der Waals surface area contributed by atoms with Crippen LogP contribution < -0.4 is 0 Å². The van der Waals surface area contributed by atoms with Crippen LogP contribution in [0.1, 0.15) is 36.7 Å². The van der Waals surface area contributed by atoms with Crippen LogP contribution in [-0.2, 0) is 0 Å². The Morgan fingerprint density at radius 1 is 1.28 bits per heavy atom. The first kappa shape index (κ1) is 12.6. The summed E-state index contributed by atoms with van der Waals surface area (Å²) in [5.41, 5.74) is 3.34. The monoisotopic (exact) mass is 241 g/mol. The maximum absolute atomic E-state index is 4.53. The SMILES string of the molecule is C/C=C\C(C)c1cc(C)nn1-c1ccc(C)cn1. The van der Waals surface area contributed by atoms with Gasteiger partial charge in [-0.15, -0.1) is 0 Å². The van der Waals surface area contributed by atoms with E-state index in [1.165, 1.54) is 5.69 Å². The quantitative estimate of drug-likeness (QED) is 0.769. The summed E-state index contributed by atoms with van der Waals surface area (Å²) in [5, 5.41) is 4.53. The second-order valence-electron chi connectivity index (χ2n) is 4.63. The molecule has 0 aliphatic rings. The summed E-state index contributed by atoms with van der Waals surface area (Å²) in [4.78, 5) is 4.44. The lowest BCUT2D eigenvalue weighted by Gasteiger charge is -2.10. The number of rotatable bonds is 3. The van der Waals surface area contributed by atoms with Gasteiger partial charge in [-0.05, 0) is 38.5 Å². The van der Waals surface area contributed by atoms with Crippen molar-refractivity contribution in [3.05, 3.63) is 53.5 Å². The van der Waals surface area contributed by atoms with Gasteiger partial charge >= 0.3 is 0 Å². The molecule has 0 saturated heterocycles. The molecular weight excluding hydrogens is 222 g/mol. The highest BCUT2D eigenvalue weighted by Crippen LogP contribution is 2.20. The zero-order valence-corrected chi connectivity index (χ0v) is 11.4. The van der Waals surface area contributed by atoms with Gasteiger partial charge in [0.25, 0.3) is 0 Å². The largest absolute Gasteiger partial charge is 0.237 e. The van der Waals surface area contributed by atoms with Crippen molar-refractivity contribution in [2.45, 2.75) is 33.6 Å². The van der Waals surface area contributed by atoms with Crippen molar-refractivity contribution < 1.29 is 0 Å². The minimum absolute atomic E-state index is 0.333. The zero-order chi connectivity index (χ0) is 13.1. The molecule has 1 atom stereocenters. The molecule has 0 radical (unpaired) electrons. The summed E-state index contributed by atoms with van der Waals surface area (Å²) in [6.45, 7) is 8.25. The summed E-state index contributed by atoms with van der Waals surface area (Å²) in [5.74, 6) is 1.21. The molecule has 2 heterocycles. The molecule has 0 bridgehead atoms. The fourth-order valence-electron chi connectivity index (χ4n) is 2.00. The Morgan fingerprint density at radius 3 is 2.67 bits per heavy atom. The number of hydrogen-bond donors (Lipinski definition) is 0. The van der Waals surface area contributed by atoms with Gasteiger partial charge in [0.15, 0.2) is 5.82 Å². The molecule has 0 N–H and O–H groups in total. The number of nitrogens with zero attached hydrogens (tertiary/aromatic N) is 3. The van der Waals surface area contributed by atoms with Crippen molar-refractivity contribution in [1.82, 2.24) is 14.8 Å². The predicted octanol–water partition coefficient (Wildman–Crippen LogP) is 3.56. The number of aromatic nitrogens is 3. The van der Waals surface area contributed by atoms with Gasteiger partial charge in [-0.3, -0.25) is 0 Å². The zero-order valence-electron chi connectivity index (χ0n) is 11.4. The topological polar surface area (TPSA) is 30.7 Å². The average molecular weight is 241 g/mol. The van der Waals surface area contributed by atoms with Gasteiger partial charge in [-0.1, -0.05) is 25.1 Å². The van der Waals surface area contributed by atoms with E-state index in [4.69, 9.17) is 0 Å². The Kier molecular flexibility index (Phi) is 3.60. The van der Waals surface area contributed by atoms with E-state index in [1.807, 2.05) is 37.7 Å². The number of pyridine rings is 1. The molecule has 18 heavy (non-hydrogen) atoms. The smallest absolute Gasteiger partial charge is 0.153 e. The first-order chi connectivity index (χ1) is 8.61. The Hall–Kier alpha value is -1.90. The van der Waals surface area contributed by atoms with Crippen LogP contribution in [0.4, 0.5) is 0 Å². The molecule has 0 aliphatic carbocycles. The molecule has 0 aliphatic heterocycles. The van der Waals surface area contributed by atoms with Crippen molar-refractivity contribution >= 4 is 0 Å². The fourth-order valence-corrected chi connectivity index (χ4v) is 2.00. The van der Waals surface area contributed by atoms with E-state index in [2.05, 4.69) is 41.3 Å². The van der Waals surface area contributed by atoms with Crippen molar-refractivity contribution in [1.29, 1.82) is 0 Å². The maximum Gasteiger partial charge on any atom is 0.153 e. The Morgan fingerprint density at radius 2 is 2.06 bits per heavy atom. The van der Waals surface area contributed by atoms with Crippen LogP contribution in [0.25, 0.3) is 5.82 Å². The molecule has 94 valence electrons. The summed E-state index contributed by atoms with van der Waals surface area (Å²) < 4.78 is 1.93. The van der Waals surface area contributed by atoms with Crippen LogP contribution in [0, 0.1) is 13.8 Å². The summed E-state index contributed by atoms with van der Waals surface area (Å²) in [6.07, 6.45) is 6.11. The van der Waals surface area contributed by atoms with Gasteiger partial charge in [-0.25, -0.2) is 9.67 Å². The van der Waals surface area contributed by atoms with Crippen molar-refractivity contribution in [3.8, 4) is 5.82 Å². The van der Waals surface area contributed by atoms with Crippen LogP contribution >= 0.6 is 0 Å². The summed E-state index contributed by atoms with van der Waals surface area (Å²) in [6, 6.07) is 6.18. The molecule has 0 saturated carbocycles. The lowest BCUT2D eigenvalue weighted by atomic mass is 10.1. The van der Waals surface area contributed by atoms with Crippen molar-refractivity contribution in [3.63, 3.8) is 0 Å². The Bertz CT molecular complexity index is 550. The number of aryl methyl sites for hydroxylation is 2. The first-order valence-electron chi connectivity index (χ1n) is 6.24. The fraction of sp³-hybridized carbons (Fsp3) is 0.333. The highest BCUT2D eigenvalue weighted by molar-refractivity contribution is 5.30. The molecule has 0 amide bonds. The third-order valence-electron chi connectivity index (χ3n) is 2.92. The van der Waals surface area contributed by atoms with E-state index < -0.39 is 0 Å². The predicted molar refractivity (Wildman–Crippen MR) is 74.1 cm³/mol. The van der Waals surface area contributed by atoms with Gasteiger partial charge in [0, 0.05) is 12.1 Å². The van der Waals surface area contributed by atoms with E-state index in [-0.39, 0.29) is 0 Å². The van der Waals surface area contributed by atoms with Gasteiger partial charge in [0.1, 0.15) is 0 Å². The number of allylic oxidation sites excluding steroid dienone is 2. The number of hydrogen-bond acceptors (Lipinski definition) is 2. The second-order valence-corrected chi connectivity index (χ2v) is 4.63. The van der Waals surface area contributed by atoms with Crippen molar-refractivity contribution in [2.24, 2.45) is 0 Å². The first-order valence-corrected chi connectivity index (χ1v) is 6.24.